The highest BCUT2D eigenvalue weighted by molar-refractivity contribution is 8.01. The Morgan fingerprint density at radius 3 is 3.00 bits per heavy atom. The minimum atomic E-state index is -0.529. The molecular weight excluding hydrogens is 276 g/mol. The second-order valence-electron chi connectivity index (χ2n) is 3.15. The summed E-state index contributed by atoms with van der Waals surface area (Å²) in [4.78, 5) is 21.9. The number of carbonyl (C=O) groups excluding carboxylic acids is 1. The first-order valence-corrected chi connectivity index (χ1v) is 6.48. The highest BCUT2D eigenvalue weighted by atomic mass is 32.2. The quantitative estimate of drug-likeness (QED) is 0.357. The molecule has 1 aromatic carbocycles. The van der Waals surface area contributed by atoms with E-state index in [0.717, 1.165) is 11.5 Å². The van der Waals surface area contributed by atoms with Crippen molar-refractivity contribution in [3.63, 3.8) is 0 Å². The molecule has 0 fully saturated rings. The average Bonchev–Trinajstić information content (AvgIpc) is 2.89. The van der Waals surface area contributed by atoms with Gasteiger partial charge in [0, 0.05) is 29.2 Å². The van der Waals surface area contributed by atoms with E-state index in [1.165, 1.54) is 30.0 Å². The Hall–Kier alpha value is -1.87. The number of aromatic nitrogens is 3. The smallest absolute Gasteiger partial charge is 0.270 e. The van der Waals surface area contributed by atoms with E-state index < -0.39 is 4.92 Å². The standard InChI is InChI=1S/C9H6N4O3S2/c14-8(5-17-9-10-11-12-18-9)6-2-1-3-7(4-6)13(15)16/h1-4H,5H2. The molecule has 92 valence electrons. The van der Waals surface area contributed by atoms with E-state index >= 15 is 0 Å². The molecule has 2 rings (SSSR count). The van der Waals surface area contributed by atoms with E-state index in [4.69, 9.17) is 0 Å². The van der Waals surface area contributed by atoms with Crippen LogP contribution in [0.4, 0.5) is 5.69 Å². The van der Waals surface area contributed by atoms with Gasteiger partial charge in [-0.3, -0.25) is 14.9 Å². The second kappa shape index (κ2) is 5.65. The third kappa shape index (κ3) is 3.08. The third-order valence-electron chi connectivity index (χ3n) is 1.99. The van der Waals surface area contributed by atoms with Crippen LogP contribution in [0.2, 0.25) is 0 Å². The Bertz CT molecular complexity index is 573. The summed E-state index contributed by atoms with van der Waals surface area (Å²) in [5, 5.41) is 17.7. The molecule has 9 heteroatoms. The zero-order valence-electron chi connectivity index (χ0n) is 8.85. The molecule has 0 unspecified atom stereocenters. The number of nitro benzene ring substituents is 1. The normalized spacial score (nSPS) is 10.2. The van der Waals surface area contributed by atoms with Gasteiger partial charge in [0.1, 0.15) is 0 Å². The van der Waals surface area contributed by atoms with E-state index in [2.05, 4.69) is 14.8 Å². The first-order chi connectivity index (χ1) is 8.66. The van der Waals surface area contributed by atoms with Gasteiger partial charge >= 0.3 is 0 Å². The van der Waals surface area contributed by atoms with E-state index in [-0.39, 0.29) is 17.2 Å². The van der Waals surface area contributed by atoms with Crippen LogP contribution in [0.15, 0.2) is 28.6 Å². The number of carbonyl (C=O) groups is 1. The highest BCUT2D eigenvalue weighted by Crippen LogP contribution is 2.20. The first-order valence-electron chi connectivity index (χ1n) is 4.72. The molecule has 7 nitrogen and oxygen atoms in total. The van der Waals surface area contributed by atoms with E-state index in [1.54, 1.807) is 6.07 Å². The maximum Gasteiger partial charge on any atom is 0.270 e. The molecule has 2 aromatic rings. The van der Waals surface area contributed by atoms with Gasteiger partial charge in [-0.25, -0.2) is 0 Å². The van der Waals surface area contributed by atoms with Crippen molar-refractivity contribution in [3.05, 3.63) is 39.9 Å². The molecule has 0 aliphatic carbocycles. The van der Waals surface area contributed by atoms with Crippen LogP contribution >= 0.6 is 23.3 Å². The first kappa shape index (κ1) is 12.6. The lowest BCUT2D eigenvalue weighted by atomic mass is 10.1. The van der Waals surface area contributed by atoms with Gasteiger partial charge in [-0.2, -0.15) is 0 Å². The summed E-state index contributed by atoms with van der Waals surface area (Å²) in [7, 11) is 0. The minimum Gasteiger partial charge on any atom is -0.293 e. The summed E-state index contributed by atoms with van der Waals surface area (Å²) in [6, 6.07) is 5.65. The van der Waals surface area contributed by atoms with Gasteiger partial charge in [-0.15, -0.1) is 5.10 Å². The van der Waals surface area contributed by atoms with Crippen LogP contribution in [-0.2, 0) is 0 Å². The lowest BCUT2D eigenvalue weighted by Crippen LogP contribution is -2.03. The van der Waals surface area contributed by atoms with Crippen molar-refractivity contribution in [2.45, 2.75) is 4.34 Å². The number of ketones is 1. The van der Waals surface area contributed by atoms with Crippen LogP contribution in [0.5, 0.6) is 0 Å². The molecule has 0 amide bonds. The fourth-order valence-electron chi connectivity index (χ4n) is 1.18. The van der Waals surface area contributed by atoms with Crippen molar-refractivity contribution in [1.82, 2.24) is 14.8 Å². The molecule has 0 aliphatic rings. The largest absolute Gasteiger partial charge is 0.293 e. The van der Waals surface area contributed by atoms with Gasteiger partial charge in [0.05, 0.1) is 10.7 Å². The molecule has 0 saturated heterocycles. The van der Waals surface area contributed by atoms with Crippen LogP contribution in [0.3, 0.4) is 0 Å². The Labute approximate surface area is 110 Å². The molecule has 1 heterocycles. The second-order valence-corrected chi connectivity index (χ2v) is 5.10. The van der Waals surface area contributed by atoms with Gasteiger partial charge in [0.2, 0.25) is 0 Å². The molecule has 0 bridgehead atoms. The molecule has 1 aromatic heterocycles. The molecule has 0 N–H and O–H groups in total. The monoisotopic (exact) mass is 282 g/mol. The number of nitrogens with zero attached hydrogens (tertiary/aromatic N) is 4. The Morgan fingerprint density at radius 2 is 2.33 bits per heavy atom. The highest BCUT2D eigenvalue weighted by Gasteiger charge is 2.12. The SMILES string of the molecule is O=C(CSc1nnns1)c1cccc([N+](=O)[O-])c1. The van der Waals surface area contributed by atoms with Crippen molar-refractivity contribution < 1.29 is 9.72 Å². The van der Waals surface area contributed by atoms with Crippen molar-refractivity contribution >= 4 is 34.8 Å². The fourth-order valence-corrected chi connectivity index (χ4v) is 2.40. The molecule has 0 atom stereocenters. The summed E-state index contributed by atoms with van der Waals surface area (Å²) in [5.41, 5.74) is 0.220. The number of rotatable bonds is 5. The van der Waals surface area contributed by atoms with Gasteiger partial charge in [0.25, 0.3) is 5.69 Å². The summed E-state index contributed by atoms with van der Waals surface area (Å²) in [6.07, 6.45) is 0. The average molecular weight is 282 g/mol. The zero-order valence-corrected chi connectivity index (χ0v) is 10.5. The number of benzene rings is 1. The lowest BCUT2D eigenvalue weighted by molar-refractivity contribution is -0.384. The predicted octanol–water partition coefficient (Wildman–Crippen LogP) is 1.82. The van der Waals surface area contributed by atoms with Crippen molar-refractivity contribution in [3.8, 4) is 0 Å². The molecule has 0 radical (unpaired) electrons. The van der Waals surface area contributed by atoms with E-state index in [1.807, 2.05) is 0 Å². The Morgan fingerprint density at radius 1 is 1.50 bits per heavy atom. The van der Waals surface area contributed by atoms with Gasteiger partial charge < -0.3 is 0 Å². The van der Waals surface area contributed by atoms with Crippen LogP contribution in [0.25, 0.3) is 0 Å². The van der Waals surface area contributed by atoms with Gasteiger partial charge in [0.15, 0.2) is 10.1 Å². The third-order valence-corrected chi connectivity index (χ3v) is 3.69. The Kier molecular flexibility index (Phi) is 3.95. The number of hydrogen-bond acceptors (Lipinski definition) is 8. The lowest BCUT2D eigenvalue weighted by Gasteiger charge is -1.98. The molecule has 18 heavy (non-hydrogen) atoms. The molecular formula is C9H6N4O3S2. The van der Waals surface area contributed by atoms with Crippen LogP contribution in [0, 0.1) is 10.1 Å². The maximum atomic E-state index is 11.8. The minimum absolute atomic E-state index is 0.0940. The van der Waals surface area contributed by atoms with E-state index in [0.29, 0.717) is 9.90 Å². The van der Waals surface area contributed by atoms with Crippen molar-refractivity contribution in [1.29, 1.82) is 0 Å². The summed E-state index contributed by atoms with van der Waals surface area (Å²) in [6.45, 7) is 0. The number of thioether (sulfide) groups is 1. The van der Waals surface area contributed by atoms with Crippen LogP contribution in [-0.4, -0.2) is 31.3 Å². The fraction of sp³-hybridized carbons (Fsp3) is 0.111. The number of non-ortho nitro benzene ring substituents is 1. The topological polar surface area (TPSA) is 98.9 Å². The van der Waals surface area contributed by atoms with Crippen LogP contribution in [0.1, 0.15) is 10.4 Å². The zero-order chi connectivity index (χ0) is 13.0. The maximum absolute atomic E-state index is 11.8. The number of hydrogen-bond donors (Lipinski definition) is 0. The van der Waals surface area contributed by atoms with Crippen molar-refractivity contribution in [2.24, 2.45) is 0 Å². The van der Waals surface area contributed by atoms with Gasteiger partial charge in [-0.05, 0) is 5.21 Å². The predicted molar refractivity (Wildman–Crippen MR) is 65.9 cm³/mol. The molecule has 0 saturated carbocycles. The molecule has 0 aliphatic heterocycles. The number of nitro groups is 1. The van der Waals surface area contributed by atoms with E-state index in [9.17, 15) is 14.9 Å². The van der Waals surface area contributed by atoms with Crippen LogP contribution < -0.4 is 0 Å². The summed E-state index contributed by atoms with van der Waals surface area (Å²) >= 11 is 2.31. The summed E-state index contributed by atoms with van der Waals surface area (Å²) < 4.78 is 4.16. The summed E-state index contributed by atoms with van der Waals surface area (Å²) in [5.74, 6) is -0.0446. The molecule has 0 spiro atoms. The van der Waals surface area contributed by atoms with Gasteiger partial charge in [-0.1, -0.05) is 28.4 Å². The number of Topliss-reactive ketones (excluding diaryl/α,β-unsaturated/α-hetero) is 1. The van der Waals surface area contributed by atoms with Crippen molar-refractivity contribution in [2.75, 3.05) is 5.75 Å². The Balaban J connectivity index is 2.04.